The van der Waals surface area contributed by atoms with Crippen LogP contribution in [0.25, 0.3) is 0 Å². The van der Waals surface area contributed by atoms with Crippen LogP contribution in [-0.2, 0) is 13.1 Å². The number of pyridine rings is 1. The zero-order valence-electron chi connectivity index (χ0n) is 10.8. The maximum absolute atomic E-state index is 13.8. The van der Waals surface area contributed by atoms with Crippen molar-refractivity contribution < 1.29 is 4.39 Å². The first-order chi connectivity index (χ1) is 9.20. The lowest BCUT2D eigenvalue weighted by Gasteiger charge is -2.21. The van der Waals surface area contributed by atoms with E-state index in [1.807, 2.05) is 25.1 Å². The van der Waals surface area contributed by atoms with Crippen LogP contribution in [0.4, 0.5) is 4.39 Å². The number of halogens is 2. The minimum absolute atomic E-state index is 0.257. The Hall–Kier alpha value is -1.45. The summed E-state index contributed by atoms with van der Waals surface area (Å²) < 4.78 is 13.8. The van der Waals surface area contributed by atoms with Gasteiger partial charge in [0.25, 0.3) is 0 Å². The van der Waals surface area contributed by atoms with E-state index in [9.17, 15) is 4.39 Å². The van der Waals surface area contributed by atoms with Crippen molar-refractivity contribution in [1.82, 2.24) is 9.88 Å². The molecule has 0 aliphatic carbocycles. The van der Waals surface area contributed by atoms with Crippen molar-refractivity contribution in [2.45, 2.75) is 20.0 Å². The van der Waals surface area contributed by atoms with Gasteiger partial charge >= 0.3 is 0 Å². The van der Waals surface area contributed by atoms with Crippen molar-refractivity contribution in [2.75, 3.05) is 6.54 Å². The highest BCUT2D eigenvalue weighted by molar-refractivity contribution is 6.31. The molecule has 0 amide bonds. The van der Waals surface area contributed by atoms with Crippen LogP contribution in [0.2, 0.25) is 5.02 Å². The number of aromatic nitrogens is 1. The predicted molar refractivity (Wildman–Crippen MR) is 75.4 cm³/mol. The van der Waals surface area contributed by atoms with Gasteiger partial charge in [-0.1, -0.05) is 30.7 Å². The fourth-order valence-corrected chi connectivity index (χ4v) is 2.13. The van der Waals surface area contributed by atoms with Crippen LogP contribution in [0.5, 0.6) is 0 Å². The highest BCUT2D eigenvalue weighted by Gasteiger charge is 2.12. The second kappa shape index (κ2) is 6.64. The van der Waals surface area contributed by atoms with Gasteiger partial charge in [0.15, 0.2) is 0 Å². The fraction of sp³-hybridized carbons (Fsp3) is 0.267. The van der Waals surface area contributed by atoms with Crippen molar-refractivity contribution in [2.24, 2.45) is 0 Å². The molecule has 0 bridgehead atoms. The standard InChI is InChI=1S/C15H16ClFN2/c1-2-19(10-12-6-3-4-9-18-12)11-13-14(16)7-5-8-15(13)17/h3-9H,2,10-11H2,1H3. The van der Waals surface area contributed by atoms with Gasteiger partial charge in [0, 0.05) is 29.9 Å². The van der Waals surface area contributed by atoms with Crippen LogP contribution in [0, 0.1) is 5.82 Å². The smallest absolute Gasteiger partial charge is 0.129 e. The molecule has 100 valence electrons. The molecule has 19 heavy (non-hydrogen) atoms. The van der Waals surface area contributed by atoms with Crippen LogP contribution in [0.1, 0.15) is 18.2 Å². The van der Waals surface area contributed by atoms with Gasteiger partial charge in [0.2, 0.25) is 0 Å². The molecule has 0 N–H and O–H groups in total. The van der Waals surface area contributed by atoms with Crippen LogP contribution in [0.3, 0.4) is 0 Å². The third kappa shape index (κ3) is 3.75. The van der Waals surface area contributed by atoms with Crippen molar-refractivity contribution in [1.29, 1.82) is 0 Å². The minimum atomic E-state index is -0.257. The average Bonchev–Trinajstić information content (AvgIpc) is 2.43. The van der Waals surface area contributed by atoms with E-state index in [2.05, 4.69) is 9.88 Å². The molecular formula is C15H16ClFN2. The Morgan fingerprint density at radius 2 is 2.00 bits per heavy atom. The fourth-order valence-electron chi connectivity index (χ4n) is 1.91. The summed E-state index contributed by atoms with van der Waals surface area (Å²) in [5, 5.41) is 0.472. The Morgan fingerprint density at radius 1 is 1.16 bits per heavy atom. The van der Waals surface area contributed by atoms with Crippen LogP contribution in [0.15, 0.2) is 42.6 Å². The summed E-state index contributed by atoms with van der Waals surface area (Å²) in [5.41, 5.74) is 1.51. The van der Waals surface area contributed by atoms with Crippen molar-refractivity contribution in [3.05, 3.63) is 64.7 Å². The second-order valence-corrected chi connectivity index (χ2v) is 4.73. The zero-order chi connectivity index (χ0) is 13.7. The summed E-state index contributed by atoms with van der Waals surface area (Å²) in [7, 11) is 0. The number of nitrogens with zero attached hydrogens (tertiary/aromatic N) is 2. The third-order valence-electron chi connectivity index (χ3n) is 3.00. The maximum atomic E-state index is 13.8. The molecule has 1 heterocycles. The van der Waals surface area contributed by atoms with Crippen LogP contribution < -0.4 is 0 Å². The van der Waals surface area contributed by atoms with Gasteiger partial charge in [-0.15, -0.1) is 0 Å². The average molecular weight is 279 g/mol. The van der Waals surface area contributed by atoms with Crippen LogP contribution >= 0.6 is 11.6 Å². The second-order valence-electron chi connectivity index (χ2n) is 4.32. The lowest BCUT2D eigenvalue weighted by molar-refractivity contribution is 0.264. The summed E-state index contributed by atoms with van der Waals surface area (Å²) in [4.78, 5) is 6.39. The lowest BCUT2D eigenvalue weighted by atomic mass is 10.2. The first-order valence-electron chi connectivity index (χ1n) is 6.26. The molecule has 1 aromatic heterocycles. The van der Waals surface area contributed by atoms with Gasteiger partial charge in [-0.2, -0.15) is 0 Å². The molecule has 0 saturated carbocycles. The molecule has 0 radical (unpaired) electrons. The van der Waals surface area contributed by atoms with E-state index in [4.69, 9.17) is 11.6 Å². The molecular weight excluding hydrogens is 263 g/mol. The molecule has 2 nitrogen and oxygen atoms in total. The maximum Gasteiger partial charge on any atom is 0.129 e. The Labute approximate surface area is 117 Å². The van der Waals surface area contributed by atoms with E-state index >= 15 is 0 Å². The Morgan fingerprint density at radius 3 is 2.63 bits per heavy atom. The minimum Gasteiger partial charge on any atom is -0.293 e. The molecule has 2 aromatic rings. The van der Waals surface area contributed by atoms with Crippen molar-refractivity contribution in [3.8, 4) is 0 Å². The van der Waals surface area contributed by atoms with E-state index in [1.54, 1.807) is 18.3 Å². The first kappa shape index (κ1) is 14.0. The highest BCUT2D eigenvalue weighted by Crippen LogP contribution is 2.21. The van der Waals surface area contributed by atoms with Gasteiger partial charge in [-0.05, 0) is 30.8 Å². The molecule has 0 aliphatic heterocycles. The van der Waals surface area contributed by atoms with Crippen molar-refractivity contribution >= 4 is 11.6 Å². The number of benzene rings is 1. The van der Waals surface area contributed by atoms with E-state index in [0.29, 0.717) is 23.7 Å². The predicted octanol–water partition coefficient (Wildman–Crippen LogP) is 3.90. The summed E-state index contributed by atoms with van der Waals surface area (Å²) in [6.07, 6.45) is 1.76. The normalized spacial score (nSPS) is 10.9. The van der Waals surface area contributed by atoms with E-state index in [0.717, 1.165) is 12.2 Å². The summed E-state index contributed by atoms with van der Waals surface area (Å²) in [5.74, 6) is -0.257. The molecule has 2 rings (SSSR count). The first-order valence-corrected chi connectivity index (χ1v) is 6.63. The van der Waals surface area contributed by atoms with Gasteiger partial charge in [0.05, 0.1) is 5.69 Å². The van der Waals surface area contributed by atoms with Gasteiger partial charge < -0.3 is 0 Å². The summed E-state index contributed by atoms with van der Waals surface area (Å²) in [6, 6.07) is 10.6. The zero-order valence-corrected chi connectivity index (χ0v) is 11.6. The number of hydrogen-bond donors (Lipinski definition) is 0. The Balaban J connectivity index is 2.11. The lowest BCUT2D eigenvalue weighted by Crippen LogP contribution is -2.23. The van der Waals surface area contributed by atoms with E-state index in [-0.39, 0.29) is 5.82 Å². The summed E-state index contributed by atoms with van der Waals surface area (Å²) >= 11 is 6.05. The van der Waals surface area contributed by atoms with Gasteiger partial charge in [-0.3, -0.25) is 9.88 Å². The van der Waals surface area contributed by atoms with Crippen molar-refractivity contribution in [3.63, 3.8) is 0 Å². The number of rotatable bonds is 5. The SMILES string of the molecule is CCN(Cc1ccccn1)Cc1c(F)cccc1Cl. The third-order valence-corrected chi connectivity index (χ3v) is 3.36. The quantitative estimate of drug-likeness (QED) is 0.825. The highest BCUT2D eigenvalue weighted by atomic mass is 35.5. The Kier molecular flexibility index (Phi) is 4.88. The molecule has 0 atom stereocenters. The monoisotopic (exact) mass is 278 g/mol. The Bertz CT molecular complexity index is 511. The molecule has 1 aromatic carbocycles. The molecule has 0 fully saturated rings. The topological polar surface area (TPSA) is 16.1 Å². The largest absolute Gasteiger partial charge is 0.293 e. The van der Waals surface area contributed by atoms with Crippen LogP contribution in [-0.4, -0.2) is 16.4 Å². The molecule has 4 heteroatoms. The van der Waals surface area contributed by atoms with E-state index in [1.165, 1.54) is 6.07 Å². The number of hydrogen-bond acceptors (Lipinski definition) is 2. The van der Waals surface area contributed by atoms with Gasteiger partial charge in [0.1, 0.15) is 5.82 Å². The van der Waals surface area contributed by atoms with Gasteiger partial charge in [-0.25, -0.2) is 4.39 Å². The molecule has 0 spiro atoms. The molecule has 0 saturated heterocycles. The van der Waals surface area contributed by atoms with E-state index < -0.39 is 0 Å². The molecule has 0 unspecified atom stereocenters. The summed E-state index contributed by atoms with van der Waals surface area (Å²) in [6.45, 7) is 4.01. The molecule has 0 aliphatic rings.